The minimum atomic E-state index is -0.267. The van der Waals surface area contributed by atoms with Crippen LogP contribution in [0.25, 0.3) is 10.8 Å². The summed E-state index contributed by atoms with van der Waals surface area (Å²) in [6.07, 6.45) is 5.95. The second kappa shape index (κ2) is 9.26. The second-order valence-corrected chi connectivity index (χ2v) is 7.97. The standard InChI is InChI=1S/C23H29N7O/c1-3-4-12-30-21(27-28-23(30)29-11-7-9-18(24)15-29)22(31)25-14-20-19-10-6-5-8-17(19)13-16(2)26-20/h3-6,8,10,13,18H,7,9,11-12,14-15,24H2,1-2H3,(H,25,31)/b4-3+. The summed E-state index contributed by atoms with van der Waals surface area (Å²) in [7, 11) is 0. The van der Waals surface area contributed by atoms with E-state index in [1.807, 2.05) is 54.8 Å². The van der Waals surface area contributed by atoms with Crippen LogP contribution < -0.4 is 16.0 Å². The molecule has 0 saturated carbocycles. The van der Waals surface area contributed by atoms with Crippen LogP contribution in [-0.4, -0.2) is 44.8 Å². The zero-order valence-corrected chi connectivity index (χ0v) is 18.1. The third-order valence-corrected chi connectivity index (χ3v) is 5.56. The summed E-state index contributed by atoms with van der Waals surface area (Å²) in [4.78, 5) is 19.8. The first-order valence-corrected chi connectivity index (χ1v) is 10.7. The van der Waals surface area contributed by atoms with Crippen molar-refractivity contribution in [3.05, 3.63) is 59.7 Å². The van der Waals surface area contributed by atoms with Gasteiger partial charge >= 0.3 is 0 Å². The van der Waals surface area contributed by atoms with E-state index in [0.29, 0.717) is 24.9 Å². The molecule has 1 atom stereocenters. The molecular formula is C23H29N7O. The topological polar surface area (TPSA) is 102 Å². The fourth-order valence-electron chi connectivity index (χ4n) is 4.06. The number of benzene rings is 1. The zero-order valence-electron chi connectivity index (χ0n) is 18.1. The van der Waals surface area contributed by atoms with E-state index in [9.17, 15) is 4.79 Å². The minimum absolute atomic E-state index is 0.110. The van der Waals surface area contributed by atoms with Gasteiger partial charge in [0.25, 0.3) is 5.91 Å². The van der Waals surface area contributed by atoms with Crippen LogP contribution in [0.3, 0.4) is 0 Å². The number of carbonyl (C=O) groups is 1. The summed E-state index contributed by atoms with van der Waals surface area (Å²) in [6, 6.07) is 10.2. The first kappa shape index (κ1) is 21.0. The number of nitrogens with one attached hydrogen (secondary N) is 1. The average Bonchev–Trinajstić information content (AvgIpc) is 3.19. The van der Waals surface area contributed by atoms with Crippen LogP contribution in [0.15, 0.2) is 42.5 Å². The Hall–Kier alpha value is -3.26. The van der Waals surface area contributed by atoms with Crippen molar-refractivity contribution in [2.45, 2.75) is 45.8 Å². The first-order valence-electron chi connectivity index (χ1n) is 10.7. The number of carbonyl (C=O) groups excluding carboxylic acids is 1. The van der Waals surface area contributed by atoms with Crippen LogP contribution in [0, 0.1) is 6.92 Å². The molecule has 3 N–H and O–H groups in total. The first-order chi connectivity index (χ1) is 15.1. The van der Waals surface area contributed by atoms with Crippen molar-refractivity contribution in [3.63, 3.8) is 0 Å². The minimum Gasteiger partial charge on any atom is -0.344 e. The predicted octanol–water partition coefficient (Wildman–Crippen LogP) is 2.57. The van der Waals surface area contributed by atoms with Crippen molar-refractivity contribution in [3.8, 4) is 0 Å². The molecular weight excluding hydrogens is 390 g/mol. The number of anilines is 1. The highest BCUT2D eigenvalue weighted by Crippen LogP contribution is 2.20. The van der Waals surface area contributed by atoms with E-state index in [1.165, 1.54) is 0 Å². The molecule has 1 amide bonds. The monoisotopic (exact) mass is 419 g/mol. The molecule has 162 valence electrons. The van der Waals surface area contributed by atoms with E-state index in [0.717, 1.165) is 48.1 Å². The van der Waals surface area contributed by atoms with Gasteiger partial charge in [-0.3, -0.25) is 14.3 Å². The number of pyridine rings is 1. The SMILES string of the molecule is C/C=C/Cn1c(C(=O)NCc2nc(C)cc3ccccc23)nnc1N1CCCC(N)C1. The lowest BCUT2D eigenvalue weighted by atomic mass is 10.1. The molecule has 31 heavy (non-hydrogen) atoms. The Morgan fingerprint density at radius 1 is 1.32 bits per heavy atom. The molecule has 3 aromatic rings. The Morgan fingerprint density at radius 2 is 2.16 bits per heavy atom. The molecule has 1 unspecified atom stereocenters. The van der Waals surface area contributed by atoms with Gasteiger partial charge in [0.1, 0.15) is 0 Å². The molecule has 1 aliphatic heterocycles. The quantitative estimate of drug-likeness (QED) is 0.596. The largest absolute Gasteiger partial charge is 0.344 e. The highest BCUT2D eigenvalue weighted by Gasteiger charge is 2.25. The maximum Gasteiger partial charge on any atom is 0.289 e. The molecule has 0 radical (unpaired) electrons. The summed E-state index contributed by atoms with van der Waals surface area (Å²) in [6.45, 7) is 6.34. The van der Waals surface area contributed by atoms with Crippen LogP contribution in [0.1, 0.15) is 41.8 Å². The average molecular weight is 420 g/mol. The van der Waals surface area contributed by atoms with Crippen LogP contribution in [0.5, 0.6) is 0 Å². The number of amides is 1. The molecule has 2 aromatic heterocycles. The van der Waals surface area contributed by atoms with E-state index < -0.39 is 0 Å². The normalized spacial score (nSPS) is 16.9. The van der Waals surface area contributed by atoms with Crippen molar-refractivity contribution in [2.24, 2.45) is 5.73 Å². The number of nitrogens with two attached hydrogens (primary N) is 1. The molecule has 8 nitrogen and oxygen atoms in total. The van der Waals surface area contributed by atoms with E-state index in [2.05, 4.69) is 31.5 Å². The number of rotatable bonds is 6. The lowest BCUT2D eigenvalue weighted by Gasteiger charge is -2.31. The molecule has 1 saturated heterocycles. The van der Waals surface area contributed by atoms with Gasteiger partial charge < -0.3 is 16.0 Å². The number of aromatic nitrogens is 4. The molecule has 0 bridgehead atoms. The van der Waals surface area contributed by atoms with Gasteiger partial charge in [0.15, 0.2) is 0 Å². The van der Waals surface area contributed by atoms with Crippen molar-refractivity contribution >= 4 is 22.6 Å². The number of piperidine rings is 1. The van der Waals surface area contributed by atoms with Gasteiger partial charge in [-0.1, -0.05) is 36.4 Å². The van der Waals surface area contributed by atoms with Crippen molar-refractivity contribution in [1.82, 2.24) is 25.1 Å². The molecule has 1 aliphatic rings. The summed E-state index contributed by atoms with van der Waals surface area (Å²) < 4.78 is 1.86. The van der Waals surface area contributed by atoms with Crippen molar-refractivity contribution in [2.75, 3.05) is 18.0 Å². The fourth-order valence-corrected chi connectivity index (χ4v) is 4.06. The van der Waals surface area contributed by atoms with Gasteiger partial charge in [-0.2, -0.15) is 0 Å². The molecule has 0 spiro atoms. The van der Waals surface area contributed by atoms with Gasteiger partial charge in [-0.15, -0.1) is 10.2 Å². The number of fused-ring (bicyclic) bond motifs is 1. The predicted molar refractivity (Wildman–Crippen MR) is 122 cm³/mol. The molecule has 4 rings (SSSR count). The van der Waals surface area contributed by atoms with E-state index >= 15 is 0 Å². The maximum absolute atomic E-state index is 13.1. The van der Waals surface area contributed by atoms with Crippen molar-refractivity contribution < 1.29 is 4.79 Å². The summed E-state index contributed by atoms with van der Waals surface area (Å²) in [5, 5.41) is 13.7. The van der Waals surface area contributed by atoms with Gasteiger partial charge in [0.2, 0.25) is 11.8 Å². The Morgan fingerprint density at radius 3 is 2.97 bits per heavy atom. The van der Waals surface area contributed by atoms with Gasteiger partial charge in [-0.05, 0) is 38.1 Å². The smallest absolute Gasteiger partial charge is 0.289 e. The zero-order chi connectivity index (χ0) is 21.8. The molecule has 0 aliphatic carbocycles. The van der Waals surface area contributed by atoms with Gasteiger partial charge in [0, 0.05) is 36.8 Å². The molecule has 1 aromatic carbocycles. The third kappa shape index (κ3) is 4.59. The number of aryl methyl sites for hydroxylation is 1. The molecule has 8 heteroatoms. The third-order valence-electron chi connectivity index (χ3n) is 5.56. The number of hydrogen-bond donors (Lipinski definition) is 2. The fraction of sp³-hybridized carbons (Fsp3) is 0.391. The van der Waals surface area contributed by atoms with Gasteiger partial charge in [0.05, 0.1) is 12.2 Å². The van der Waals surface area contributed by atoms with Crippen LogP contribution in [0.4, 0.5) is 5.95 Å². The molecule has 1 fully saturated rings. The second-order valence-electron chi connectivity index (χ2n) is 7.97. The summed E-state index contributed by atoms with van der Waals surface area (Å²) in [5.74, 6) is 0.721. The van der Waals surface area contributed by atoms with Crippen LogP contribution >= 0.6 is 0 Å². The summed E-state index contributed by atoms with van der Waals surface area (Å²) in [5.41, 5.74) is 7.91. The highest BCUT2D eigenvalue weighted by atomic mass is 16.2. The van der Waals surface area contributed by atoms with E-state index in [1.54, 1.807) is 0 Å². The molecule has 3 heterocycles. The highest BCUT2D eigenvalue weighted by molar-refractivity contribution is 5.91. The number of hydrogen-bond acceptors (Lipinski definition) is 6. The van der Waals surface area contributed by atoms with Crippen molar-refractivity contribution in [1.29, 1.82) is 0 Å². The summed E-state index contributed by atoms with van der Waals surface area (Å²) >= 11 is 0. The van der Waals surface area contributed by atoms with E-state index in [-0.39, 0.29) is 11.9 Å². The van der Waals surface area contributed by atoms with Gasteiger partial charge in [-0.25, -0.2) is 0 Å². The lowest BCUT2D eigenvalue weighted by Crippen LogP contribution is -2.44. The Balaban J connectivity index is 1.57. The van der Waals surface area contributed by atoms with E-state index in [4.69, 9.17) is 5.73 Å². The maximum atomic E-state index is 13.1. The van der Waals surface area contributed by atoms with Crippen LogP contribution in [0.2, 0.25) is 0 Å². The van der Waals surface area contributed by atoms with Crippen LogP contribution in [-0.2, 0) is 13.1 Å². The Kier molecular flexibility index (Phi) is 6.27. The number of nitrogens with zero attached hydrogens (tertiary/aromatic N) is 5. The Bertz CT molecular complexity index is 1100. The number of allylic oxidation sites excluding steroid dienone is 2. The Labute approximate surface area is 182 Å². The lowest BCUT2D eigenvalue weighted by molar-refractivity contribution is 0.0936.